The predicted molar refractivity (Wildman–Crippen MR) is 186 cm³/mol. The molecule has 19 heteroatoms. The first kappa shape index (κ1) is 34.5. The second kappa shape index (κ2) is 14.3. The summed E-state index contributed by atoms with van der Waals surface area (Å²) >= 11 is 0. The summed E-state index contributed by atoms with van der Waals surface area (Å²) in [5, 5.41) is 20.0. The van der Waals surface area contributed by atoms with Gasteiger partial charge < -0.3 is 19.7 Å². The molecule has 0 spiro atoms. The Morgan fingerprint density at radius 1 is 0.902 bits per heavy atom. The van der Waals surface area contributed by atoms with Crippen LogP contribution in [-0.4, -0.2) is 91.7 Å². The largest absolute Gasteiger partial charge is 0.497 e. The number of aromatic nitrogens is 7. The van der Waals surface area contributed by atoms with Gasteiger partial charge in [0.2, 0.25) is 26.0 Å². The molecular weight excluding hydrogens is 699 g/mol. The molecule has 5 aromatic rings. The van der Waals surface area contributed by atoms with E-state index >= 15 is 0 Å². The number of nitrogens with one attached hydrogen (secondary N) is 3. The van der Waals surface area contributed by atoms with E-state index in [1.165, 1.54) is 24.2 Å². The quantitative estimate of drug-likeness (QED) is 0.158. The summed E-state index contributed by atoms with van der Waals surface area (Å²) in [6.07, 6.45) is 2.64. The molecule has 2 aliphatic heterocycles. The van der Waals surface area contributed by atoms with Gasteiger partial charge in [0.1, 0.15) is 27.6 Å². The van der Waals surface area contributed by atoms with Gasteiger partial charge in [-0.25, -0.2) is 35.6 Å². The molecule has 1 saturated heterocycles. The average Bonchev–Trinajstić information content (AvgIpc) is 3.94. The normalized spacial score (nSPS) is 16.3. The minimum absolute atomic E-state index is 0.000357. The van der Waals surface area contributed by atoms with Crippen molar-refractivity contribution in [3.8, 4) is 22.9 Å². The summed E-state index contributed by atoms with van der Waals surface area (Å²) < 4.78 is 77.0. The van der Waals surface area contributed by atoms with Gasteiger partial charge in [-0.05, 0) is 77.3 Å². The third kappa shape index (κ3) is 7.15. The lowest BCUT2D eigenvalue weighted by Gasteiger charge is -2.31. The van der Waals surface area contributed by atoms with Gasteiger partial charge in [-0.2, -0.15) is 10.1 Å². The summed E-state index contributed by atoms with van der Waals surface area (Å²) in [7, 11) is -5.91. The van der Waals surface area contributed by atoms with Crippen molar-refractivity contribution in [1.82, 2.24) is 49.7 Å². The van der Waals surface area contributed by atoms with Gasteiger partial charge in [0.25, 0.3) is 0 Å². The molecule has 7 rings (SSSR count). The van der Waals surface area contributed by atoms with E-state index in [9.17, 15) is 16.8 Å². The number of anilines is 2. The molecule has 0 radical (unpaired) electrons. The number of nitrogens with zero attached hydrogens (tertiary/aromatic N) is 8. The van der Waals surface area contributed by atoms with Crippen molar-refractivity contribution in [1.29, 1.82) is 0 Å². The van der Waals surface area contributed by atoms with Crippen molar-refractivity contribution >= 4 is 31.7 Å². The second-order valence-corrected chi connectivity index (χ2v) is 15.5. The van der Waals surface area contributed by atoms with Crippen molar-refractivity contribution in [2.24, 2.45) is 0 Å². The smallest absolute Gasteiger partial charge is 0.243 e. The van der Waals surface area contributed by atoms with Gasteiger partial charge in [-0.1, -0.05) is 24.3 Å². The van der Waals surface area contributed by atoms with Crippen molar-refractivity contribution in [3.63, 3.8) is 0 Å². The van der Waals surface area contributed by atoms with Crippen molar-refractivity contribution in [2.75, 3.05) is 38.8 Å². The predicted octanol–water partition coefficient (Wildman–Crippen LogP) is 1.66. The van der Waals surface area contributed by atoms with Crippen LogP contribution in [0.2, 0.25) is 0 Å². The van der Waals surface area contributed by atoms with Crippen molar-refractivity contribution in [3.05, 3.63) is 78.1 Å². The van der Waals surface area contributed by atoms with E-state index in [4.69, 9.17) is 9.47 Å². The lowest BCUT2D eigenvalue weighted by Crippen LogP contribution is -2.38. The number of aryl methyl sites for hydroxylation is 1. The number of rotatable bonds is 13. The molecule has 0 saturated carbocycles. The van der Waals surface area contributed by atoms with Crippen LogP contribution < -0.4 is 29.1 Å². The number of hydrogen-bond donors (Lipinski definition) is 3. The third-order valence-corrected chi connectivity index (χ3v) is 12.0. The first-order valence-electron chi connectivity index (χ1n) is 16.2. The van der Waals surface area contributed by atoms with Crippen LogP contribution in [0.15, 0.2) is 76.8 Å². The first-order valence-corrected chi connectivity index (χ1v) is 19.2. The van der Waals surface area contributed by atoms with Crippen LogP contribution in [0.25, 0.3) is 11.4 Å². The number of sulfonamides is 2. The zero-order valence-electron chi connectivity index (χ0n) is 27.9. The van der Waals surface area contributed by atoms with Gasteiger partial charge >= 0.3 is 0 Å². The topological polar surface area (TPSA) is 200 Å². The highest BCUT2D eigenvalue weighted by Gasteiger charge is 2.37. The zero-order valence-corrected chi connectivity index (χ0v) is 29.6. The van der Waals surface area contributed by atoms with E-state index in [2.05, 4.69) is 40.4 Å². The molecule has 0 aliphatic carbocycles. The molecule has 0 amide bonds. The van der Waals surface area contributed by atoms with Gasteiger partial charge in [-0.3, -0.25) is 0 Å². The second-order valence-electron chi connectivity index (χ2n) is 12.1. The van der Waals surface area contributed by atoms with Crippen molar-refractivity contribution < 1.29 is 26.3 Å². The van der Waals surface area contributed by atoms with Gasteiger partial charge in [0, 0.05) is 32.2 Å². The fourth-order valence-electron chi connectivity index (χ4n) is 6.23. The summed E-state index contributed by atoms with van der Waals surface area (Å²) in [4.78, 5) is 5.34. The minimum atomic E-state index is -4.61. The third-order valence-electron chi connectivity index (χ3n) is 8.79. The molecule has 3 aromatic carbocycles. The van der Waals surface area contributed by atoms with Crippen LogP contribution >= 0.6 is 0 Å². The lowest BCUT2D eigenvalue weighted by atomic mass is 10.1. The van der Waals surface area contributed by atoms with Crippen LogP contribution in [0.3, 0.4) is 0 Å². The molecule has 4 heterocycles. The SMILES string of the molecule is COc1ccc(CNS(=O)(=O)c2c(S(=O)(=O)NC3CCNC3)ccc(N3CCCn4ncnc43)c2-c2nnnn2Cc2ccc(OC)cc2)cc1. The molecule has 2 aliphatic rings. The Kier molecular flexibility index (Phi) is 9.71. The van der Waals surface area contributed by atoms with E-state index in [0.29, 0.717) is 67.7 Å². The van der Waals surface area contributed by atoms with Crippen LogP contribution in [0.1, 0.15) is 24.0 Å². The molecular formula is C32H37N11O6S2. The number of methoxy groups -OCH3 is 2. The Morgan fingerprint density at radius 2 is 1.63 bits per heavy atom. The summed E-state index contributed by atoms with van der Waals surface area (Å²) in [6.45, 7) is 2.10. The number of ether oxygens (including phenoxy) is 2. The summed E-state index contributed by atoms with van der Waals surface area (Å²) in [6, 6.07) is 16.6. The Bertz CT molecular complexity index is 2220. The maximum absolute atomic E-state index is 14.7. The zero-order chi connectivity index (χ0) is 35.6. The van der Waals surface area contributed by atoms with Crippen LogP contribution in [0.4, 0.5) is 11.6 Å². The van der Waals surface area contributed by atoms with Gasteiger partial charge in [0.15, 0.2) is 5.82 Å². The average molecular weight is 736 g/mol. The monoisotopic (exact) mass is 735 g/mol. The van der Waals surface area contributed by atoms with Crippen LogP contribution in [-0.2, 0) is 39.7 Å². The molecule has 17 nitrogen and oxygen atoms in total. The fraction of sp³-hybridized carbons (Fsp3) is 0.344. The molecule has 0 bridgehead atoms. The number of hydrogen-bond acceptors (Lipinski definition) is 13. The standard InChI is InChI=1S/C32H37N11O6S2/c1-48-25-8-4-22(5-9-25)18-36-51(46,47)30-28(50(44,45)38-24-14-15-33-19-24)13-12-27(41-16-3-17-42-32(41)34-21-35-42)29(30)31-37-39-40-43(31)20-23-6-10-26(49-2)11-7-23/h4-13,21,24,33,36,38H,3,14-20H2,1-2H3. The molecule has 51 heavy (non-hydrogen) atoms. The van der Waals surface area contributed by atoms with E-state index in [1.807, 2.05) is 17.0 Å². The minimum Gasteiger partial charge on any atom is -0.497 e. The van der Waals surface area contributed by atoms with Crippen LogP contribution in [0.5, 0.6) is 11.5 Å². The van der Waals surface area contributed by atoms with Gasteiger partial charge in [0.05, 0.1) is 32.0 Å². The van der Waals surface area contributed by atoms with Crippen LogP contribution in [0, 0.1) is 0 Å². The van der Waals surface area contributed by atoms with E-state index in [0.717, 1.165) is 5.56 Å². The number of benzene rings is 3. The Hall–Kier alpha value is -4.95. The van der Waals surface area contributed by atoms with Gasteiger partial charge in [-0.15, -0.1) is 5.10 Å². The first-order chi connectivity index (χ1) is 24.7. The summed E-state index contributed by atoms with van der Waals surface area (Å²) in [5.41, 5.74) is 1.77. The Balaban J connectivity index is 1.43. The van der Waals surface area contributed by atoms with E-state index in [-0.39, 0.29) is 24.5 Å². The Morgan fingerprint density at radius 3 is 2.31 bits per heavy atom. The maximum Gasteiger partial charge on any atom is 0.243 e. The number of tetrazole rings is 1. The maximum atomic E-state index is 14.7. The number of fused-ring (bicyclic) bond motifs is 1. The molecule has 3 N–H and O–H groups in total. The Labute approximate surface area is 295 Å². The van der Waals surface area contributed by atoms with Crippen molar-refractivity contribution in [2.45, 2.75) is 48.3 Å². The molecule has 2 aromatic heterocycles. The highest BCUT2D eigenvalue weighted by molar-refractivity contribution is 7.92. The fourth-order valence-corrected chi connectivity index (χ4v) is 9.55. The van der Waals surface area contributed by atoms with E-state index < -0.39 is 35.9 Å². The highest BCUT2D eigenvalue weighted by atomic mass is 32.2. The van der Waals surface area contributed by atoms with E-state index in [1.54, 1.807) is 54.3 Å². The summed E-state index contributed by atoms with van der Waals surface area (Å²) in [5.74, 6) is 1.78. The lowest BCUT2D eigenvalue weighted by molar-refractivity contribution is 0.414. The molecule has 1 fully saturated rings. The molecule has 268 valence electrons. The molecule has 1 atom stereocenters. The highest BCUT2D eigenvalue weighted by Crippen LogP contribution is 2.42. The molecule has 1 unspecified atom stereocenters.